The highest BCUT2D eigenvalue weighted by Gasteiger charge is 2.34. The van der Waals surface area contributed by atoms with Crippen molar-refractivity contribution >= 4 is 32.7 Å². The Hall–Kier alpha value is -3.35. The van der Waals surface area contributed by atoms with Crippen molar-refractivity contribution in [2.45, 2.75) is 29.3 Å². The van der Waals surface area contributed by atoms with Crippen molar-refractivity contribution in [3.63, 3.8) is 0 Å². The van der Waals surface area contributed by atoms with E-state index in [9.17, 15) is 18.8 Å². The number of carbonyl (C=O) groups is 2. The Labute approximate surface area is 246 Å². The second kappa shape index (κ2) is 13.7. The first-order valence-electron chi connectivity index (χ1n) is 13.0. The summed E-state index contributed by atoms with van der Waals surface area (Å²) in [6.07, 6.45) is 1.11. The molecule has 14 heteroatoms. The van der Waals surface area contributed by atoms with Gasteiger partial charge in [0.05, 0.1) is 25.9 Å². The summed E-state index contributed by atoms with van der Waals surface area (Å²) in [5, 5.41) is 3.52. The number of pyridine rings is 1. The molecular formula is C28H28F2N3O7PS. The van der Waals surface area contributed by atoms with Crippen LogP contribution in [0, 0.1) is 11.6 Å². The van der Waals surface area contributed by atoms with Crippen LogP contribution in [0.4, 0.5) is 8.78 Å². The number of benzene rings is 2. The summed E-state index contributed by atoms with van der Waals surface area (Å²) in [7, 11) is 0.464. The molecule has 42 heavy (non-hydrogen) atoms. The molecule has 1 fully saturated rings. The van der Waals surface area contributed by atoms with Gasteiger partial charge in [0.1, 0.15) is 0 Å². The van der Waals surface area contributed by atoms with Crippen LogP contribution in [0.3, 0.4) is 0 Å². The number of halogens is 2. The topological polar surface area (TPSA) is 119 Å². The summed E-state index contributed by atoms with van der Waals surface area (Å²) < 4.78 is 50.1. The van der Waals surface area contributed by atoms with Gasteiger partial charge in [0.2, 0.25) is 20.2 Å². The second-order valence-electron chi connectivity index (χ2n) is 9.37. The number of H-pyrrole nitrogens is 1. The van der Waals surface area contributed by atoms with Gasteiger partial charge in [-0.1, -0.05) is 24.3 Å². The molecule has 1 amide bonds. The van der Waals surface area contributed by atoms with E-state index in [1.54, 1.807) is 6.07 Å². The summed E-state index contributed by atoms with van der Waals surface area (Å²) in [6.45, 7) is 0.384. The highest BCUT2D eigenvalue weighted by molar-refractivity contribution is 7.98. The fourth-order valence-electron chi connectivity index (χ4n) is 4.84. The lowest BCUT2D eigenvalue weighted by Gasteiger charge is -2.34. The van der Waals surface area contributed by atoms with Crippen molar-refractivity contribution in [3.8, 4) is 5.75 Å². The third-order valence-electron chi connectivity index (χ3n) is 6.90. The smallest absolute Gasteiger partial charge is 0.332 e. The molecule has 1 saturated heterocycles. The summed E-state index contributed by atoms with van der Waals surface area (Å²) in [6, 6.07) is 10.9. The average Bonchev–Trinajstić information content (AvgIpc) is 3.33. The minimum Gasteiger partial charge on any atom is -0.467 e. The molecule has 222 valence electrons. The summed E-state index contributed by atoms with van der Waals surface area (Å²) in [5.41, 5.74) is 1.04. The Bertz CT molecular complexity index is 1530. The lowest BCUT2D eigenvalue weighted by molar-refractivity contribution is -0.142. The Morgan fingerprint density at radius 2 is 2.00 bits per heavy atom. The molecule has 0 saturated carbocycles. The summed E-state index contributed by atoms with van der Waals surface area (Å²) >= 11 is 1.42. The zero-order valence-electron chi connectivity index (χ0n) is 22.5. The van der Waals surface area contributed by atoms with Crippen molar-refractivity contribution in [2.24, 2.45) is 0 Å². The Morgan fingerprint density at radius 3 is 2.83 bits per heavy atom. The SMILES string of the molecule is COC(=O)COPOc1c(C(=O)N2CCOCC[C@H]2N[C@@H]2c3ccccc3SCc3c2ccc(F)c3F)[nH]ccc1=O. The maximum Gasteiger partial charge on any atom is 0.332 e. The molecule has 1 aromatic heterocycles. The van der Waals surface area contributed by atoms with Gasteiger partial charge in [-0.15, -0.1) is 11.8 Å². The van der Waals surface area contributed by atoms with Crippen LogP contribution in [-0.2, 0) is 24.5 Å². The van der Waals surface area contributed by atoms with Gasteiger partial charge < -0.3 is 28.4 Å². The predicted octanol–water partition coefficient (Wildman–Crippen LogP) is 3.90. The first-order valence-corrected chi connectivity index (χ1v) is 14.8. The lowest BCUT2D eigenvalue weighted by Crippen LogP contribution is -2.51. The highest BCUT2D eigenvalue weighted by atomic mass is 32.2. The molecule has 3 atom stereocenters. The molecule has 2 aliphatic heterocycles. The third-order valence-corrected chi connectivity index (χ3v) is 8.57. The molecule has 3 aromatic rings. The molecule has 0 aliphatic carbocycles. The average molecular weight is 620 g/mol. The van der Waals surface area contributed by atoms with E-state index in [1.807, 2.05) is 24.3 Å². The fraction of sp³-hybridized carbons (Fsp3) is 0.321. The molecule has 0 bridgehead atoms. The number of amides is 1. The minimum atomic E-state index is -0.921. The Morgan fingerprint density at radius 1 is 1.17 bits per heavy atom. The van der Waals surface area contributed by atoms with Crippen molar-refractivity contribution < 1.29 is 36.9 Å². The van der Waals surface area contributed by atoms with Crippen LogP contribution in [0.15, 0.2) is 58.4 Å². The monoisotopic (exact) mass is 619 g/mol. The van der Waals surface area contributed by atoms with E-state index < -0.39 is 50.2 Å². The van der Waals surface area contributed by atoms with E-state index in [4.69, 9.17) is 13.8 Å². The number of methoxy groups -OCH3 is 1. The van der Waals surface area contributed by atoms with E-state index in [0.29, 0.717) is 18.6 Å². The van der Waals surface area contributed by atoms with Gasteiger partial charge in [0.15, 0.2) is 23.9 Å². The molecule has 3 heterocycles. The van der Waals surface area contributed by atoms with Gasteiger partial charge in [-0.25, -0.2) is 13.6 Å². The van der Waals surface area contributed by atoms with E-state index in [-0.39, 0.29) is 42.5 Å². The molecule has 10 nitrogen and oxygen atoms in total. The normalized spacial score (nSPS) is 18.6. The van der Waals surface area contributed by atoms with E-state index in [2.05, 4.69) is 15.0 Å². The first kappa shape index (κ1) is 30.1. The number of ether oxygens (including phenoxy) is 2. The number of carbonyl (C=O) groups excluding carboxylic acids is 2. The van der Waals surface area contributed by atoms with Crippen LogP contribution in [0.5, 0.6) is 5.75 Å². The van der Waals surface area contributed by atoms with Crippen LogP contribution in [0.25, 0.3) is 0 Å². The first-order chi connectivity index (χ1) is 20.4. The Kier molecular flexibility index (Phi) is 9.86. The van der Waals surface area contributed by atoms with Crippen molar-refractivity contribution in [2.75, 3.05) is 33.5 Å². The Balaban J connectivity index is 1.46. The number of nitrogens with zero attached hydrogens (tertiary/aromatic N) is 1. The number of aromatic amines is 1. The zero-order chi connectivity index (χ0) is 29.6. The quantitative estimate of drug-likeness (QED) is 0.220. The van der Waals surface area contributed by atoms with Crippen molar-refractivity contribution in [1.29, 1.82) is 0 Å². The van der Waals surface area contributed by atoms with Crippen LogP contribution in [0.1, 0.15) is 39.6 Å². The van der Waals surface area contributed by atoms with Gasteiger partial charge in [-0.3, -0.25) is 14.9 Å². The minimum absolute atomic E-state index is 0.101. The third kappa shape index (κ3) is 6.50. The number of rotatable bonds is 8. The molecule has 2 aliphatic rings. The van der Waals surface area contributed by atoms with Gasteiger partial charge in [0.25, 0.3) is 5.91 Å². The second-order valence-corrected chi connectivity index (χ2v) is 11.0. The van der Waals surface area contributed by atoms with Crippen molar-refractivity contribution in [1.82, 2.24) is 15.2 Å². The number of nitrogens with one attached hydrogen (secondary N) is 2. The van der Waals surface area contributed by atoms with Crippen LogP contribution < -0.4 is 15.3 Å². The lowest BCUT2D eigenvalue weighted by atomic mass is 9.94. The number of hydrogen-bond donors (Lipinski definition) is 2. The molecular weight excluding hydrogens is 591 g/mol. The van der Waals surface area contributed by atoms with Gasteiger partial charge in [-0.05, 0) is 23.3 Å². The number of thioether (sulfide) groups is 1. The standard InChI is InChI=1S/C28H28F2N3O7PS/c1-37-23(35)14-39-41-40-27-20(34)8-10-31-26(27)28(36)33-11-13-38-12-9-22(33)32-25-16-6-7-19(29)24(30)18(16)15-42-21-5-3-2-4-17(21)25/h2-8,10,22,25,32,41H,9,11-15H2,1H3,(H,31,34)/t22-,25-/m0/s1. The molecule has 0 radical (unpaired) electrons. The number of aromatic nitrogens is 1. The zero-order valence-corrected chi connectivity index (χ0v) is 24.3. The number of hydrogen-bond acceptors (Lipinski definition) is 9. The van der Waals surface area contributed by atoms with Gasteiger partial charge in [-0.2, -0.15) is 0 Å². The van der Waals surface area contributed by atoms with Crippen molar-refractivity contribution in [3.05, 3.63) is 92.9 Å². The van der Waals surface area contributed by atoms with E-state index in [0.717, 1.165) is 16.5 Å². The maximum absolute atomic E-state index is 15.0. The van der Waals surface area contributed by atoms with Crippen LogP contribution in [-0.4, -0.2) is 61.4 Å². The van der Waals surface area contributed by atoms with Crippen LogP contribution in [0.2, 0.25) is 0 Å². The summed E-state index contributed by atoms with van der Waals surface area (Å²) in [5.74, 6) is -2.98. The molecule has 5 rings (SSSR count). The van der Waals surface area contributed by atoms with Gasteiger partial charge in [0, 0.05) is 48.0 Å². The van der Waals surface area contributed by atoms with Gasteiger partial charge >= 0.3 is 5.97 Å². The molecule has 2 N–H and O–H groups in total. The summed E-state index contributed by atoms with van der Waals surface area (Å²) in [4.78, 5) is 43.2. The van der Waals surface area contributed by atoms with Crippen LogP contribution >= 0.6 is 20.8 Å². The number of esters is 1. The largest absolute Gasteiger partial charge is 0.467 e. The maximum atomic E-state index is 15.0. The predicted molar refractivity (Wildman–Crippen MR) is 152 cm³/mol. The van der Waals surface area contributed by atoms with E-state index in [1.165, 1.54) is 36.0 Å². The van der Waals surface area contributed by atoms with E-state index >= 15 is 4.39 Å². The molecule has 1 unspecified atom stereocenters. The number of fused-ring (bicyclic) bond motifs is 2. The fourth-order valence-corrected chi connectivity index (χ4v) is 6.48. The highest BCUT2D eigenvalue weighted by Crippen LogP contribution is 2.41. The molecule has 2 aromatic carbocycles. The molecule has 0 spiro atoms.